The molecule has 3 amide bonds. The van der Waals surface area contributed by atoms with Crippen molar-refractivity contribution in [3.05, 3.63) is 198 Å². The van der Waals surface area contributed by atoms with Gasteiger partial charge in [-0.05, 0) is 122 Å². The summed E-state index contributed by atoms with van der Waals surface area (Å²) in [6.07, 6.45) is 4.75. The topological polar surface area (TPSA) is 263 Å². The third kappa shape index (κ3) is 22.4. The number of rotatable bonds is 21. The summed E-state index contributed by atoms with van der Waals surface area (Å²) in [6.45, 7) is 3.64. The van der Waals surface area contributed by atoms with Gasteiger partial charge in [0.1, 0.15) is 17.9 Å². The summed E-state index contributed by atoms with van der Waals surface area (Å²) in [5.74, 6) is -4.52. The van der Waals surface area contributed by atoms with Crippen LogP contribution in [0, 0.1) is 13.8 Å². The van der Waals surface area contributed by atoms with Crippen molar-refractivity contribution in [2.75, 3.05) is 27.3 Å². The van der Waals surface area contributed by atoms with E-state index in [1.807, 2.05) is 50.2 Å². The lowest BCUT2D eigenvalue weighted by Crippen LogP contribution is -2.42. The molecule has 79 heavy (non-hydrogen) atoms. The molecule has 0 unspecified atom stereocenters. The molecule has 6 aromatic rings. The molecule has 0 saturated carbocycles. The maximum Gasteiger partial charge on any atom is 0.335 e. The lowest BCUT2D eigenvalue weighted by Gasteiger charge is -2.17. The molecule has 6 N–H and O–H groups in total. The van der Waals surface area contributed by atoms with E-state index in [4.69, 9.17) is 62.0 Å². The zero-order valence-corrected chi connectivity index (χ0v) is 45.4. The van der Waals surface area contributed by atoms with Crippen molar-refractivity contribution < 1.29 is 52.9 Å². The number of halogens is 4. The summed E-state index contributed by atoms with van der Waals surface area (Å²) in [4.78, 5) is 105. The Hall–Kier alpha value is -7.54. The Labute approximate surface area is 479 Å². The number of methoxy groups -OCH3 is 2. The first-order valence-electron chi connectivity index (χ1n) is 23.6. The molecule has 21 heteroatoms. The lowest BCUT2D eigenvalue weighted by atomic mass is 10.0. The Morgan fingerprint density at radius 2 is 0.949 bits per heavy atom. The molecule has 0 spiro atoms. The summed E-state index contributed by atoms with van der Waals surface area (Å²) >= 11 is 24.0. The van der Waals surface area contributed by atoms with Crippen LogP contribution in [-0.4, -0.2) is 102 Å². The van der Waals surface area contributed by atoms with Crippen molar-refractivity contribution in [1.29, 1.82) is 0 Å². The molecule has 2 atom stereocenters. The van der Waals surface area contributed by atoms with Crippen LogP contribution >= 0.6 is 46.4 Å². The monoisotopic (exact) mass is 1160 g/mol. The Bertz CT molecular complexity index is 3050. The highest BCUT2D eigenvalue weighted by molar-refractivity contribution is 6.40. The van der Waals surface area contributed by atoms with E-state index in [9.17, 15) is 38.4 Å². The number of nitrogens with zero attached hydrogens (tertiary/aromatic N) is 2. The van der Waals surface area contributed by atoms with Crippen LogP contribution in [0.5, 0.6) is 0 Å². The van der Waals surface area contributed by atoms with Crippen LogP contribution in [0.4, 0.5) is 0 Å². The number of amides is 3. The molecule has 0 fully saturated rings. The Balaban J connectivity index is 0.000000441. The Morgan fingerprint density at radius 1 is 0.557 bits per heavy atom. The van der Waals surface area contributed by atoms with Gasteiger partial charge in [-0.25, -0.2) is 14.4 Å². The fraction of sp³-hybridized carbons (Fsp3) is 0.276. The van der Waals surface area contributed by atoms with Crippen LogP contribution < -0.4 is 21.7 Å². The van der Waals surface area contributed by atoms with E-state index in [0.29, 0.717) is 24.0 Å². The maximum absolute atomic E-state index is 12.7. The van der Waals surface area contributed by atoms with Gasteiger partial charge < -0.3 is 36.3 Å². The summed E-state index contributed by atoms with van der Waals surface area (Å²) in [6, 6.07) is 29.0. The van der Waals surface area contributed by atoms with Crippen molar-refractivity contribution in [3.8, 4) is 0 Å². The molecule has 0 radical (unpaired) electrons. The van der Waals surface area contributed by atoms with Gasteiger partial charge in [-0.3, -0.25) is 33.9 Å². The van der Waals surface area contributed by atoms with Gasteiger partial charge in [0.05, 0.1) is 64.1 Å². The molecule has 2 heterocycles. The zero-order chi connectivity index (χ0) is 56.6. The standard InChI is InChI=1S/C28H27Cl2N3O5.C14H16Cl2N2O4.C14H13NO2.2CH4/c1-17-11-12-31-20(13-17)15-18-5-3-6-19(14-18)26(35)32-16-21(34)9-10-24(28(37)38-2)33-27(36)25-22(29)7-4-8-23(25)30;1-22-14(21)11(6-5-8(19)7-17)18-13(20)12-9(15)3-2-4-10(12)16;1-10-5-6-15-13(7-10)9-11-3-2-4-12(8-11)14(16)17;;/h3-8,11-14,24H,9-10,15-16H2,1-2H3,(H,32,35)(H,33,36);2-4,11H,5-7,17H2,1H3,(H,18,20);2-8H,9H2,1H3,(H,16,17);2*1H4/t24-;11-;;;/m00.../s1. The third-order valence-electron chi connectivity index (χ3n) is 11.1. The summed E-state index contributed by atoms with van der Waals surface area (Å²) in [5.41, 5.74) is 12.0. The van der Waals surface area contributed by atoms with Crippen molar-refractivity contribution in [3.63, 3.8) is 0 Å². The number of carbonyl (C=O) groups is 8. The molecule has 2 aromatic heterocycles. The second kappa shape index (κ2) is 34.4. The molecule has 0 aliphatic rings. The molecule has 4 aromatic carbocycles. The first kappa shape index (κ1) is 67.6. The normalized spacial score (nSPS) is 10.9. The predicted molar refractivity (Wildman–Crippen MR) is 306 cm³/mol. The van der Waals surface area contributed by atoms with E-state index in [-0.39, 0.29) is 96.4 Å². The first-order valence-corrected chi connectivity index (χ1v) is 25.2. The average molecular weight is 1160 g/mol. The van der Waals surface area contributed by atoms with Gasteiger partial charge in [0.15, 0.2) is 5.78 Å². The molecule has 17 nitrogen and oxygen atoms in total. The number of hydrogen-bond donors (Lipinski definition) is 5. The number of nitrogens with two attached hydrogens (primary N) is 1. The number of esters is 2. The number of pyridine rings is 2. The van der Waals surface area contributed by atoms with E-state index in [1.54, 1.807) is 60.9 Å². The number of carbonyl (C=O) groups excluding carboxylic acids is 7. The Kier molecular flexibility index (Phi) is 29.4. The van der Waals surface area contributed by atoms with E-state index >= 15 is 0 Å². The molecular formula is C58H64Cl4N6O11. The number of benzene rings is 4. The predicted octanol–water partition coefficient (Wildman–Crippen LogP) is 9.86. The number of carboxylic acids is 1. The van der Waals surface area contributed by atoms with Crippen molar-refractivity contribution in [2.45, 2.75) is 79.3 Å². The van der Waals surface area contributed by atoms with Gasteiger partial charge in [0, 0.05) is 55.0 Å². The highest BCUT2D eigenvalue weighted by Gasteiger charge is 2.27. The van der Waals surface area contributed by atoms with E-state index < -0.39 is 47.7 Å². The highest BCUT2D eigenvalue weighted by Crippen LogP contribution is 2.26. The summed E-state index contributed by atoms with van der Waals surface area (Å²) in [5, 5.41) is 17.1. The average Bonchev–Trinajstić information content (AvgIpc) is 3.40. The zero-order valence-electron chi connectivity index (χ0n) is 42.4. The van der Waals surface area contributed by atoms with Gasteiger partial charge in [0.2, 0.25) is 0 Å². The Morgan fingerprint density at radius 3 is 1.34 bits per heavy atom. The van der Waals surface area contributed by atoms with Crippen LogP contribution in [0.3, 0.4) is 0 Å². The van der Waals surface area contributed by atoms with Crippen LogP contribution in [0.15, 0.2) is 122 Å². The molecule has 0 aliphatic carbocycles. The van der Waals surface area contributed by atoms with Crippen molar-refractivity contribution in [2.24, 2.45) is 5.73 Å². The molecule has 0 aliphatic heterocycles. The number of carboxylic acid groups (broad SMARTS) is 1. The lowest BCUT2D eigenvalue weighted by molar-refractivity contribution is -0.144. The minimum absolute atomic E-state index is 0. The number of Topliss-reactive ketones (excluding diaryl/α,β-unsaturated/α-hetero) is 2. The fourth-order valence-corrected chi connectivity index (χ4v) is 8.34. The quantitative estimate of drug-likeness (QED) is 0.0420. The number of aromatic nitrogens is 2. The molecule has 0 bridgehead atoms. The number of aryl methyl sites for hydroxylation is 2. The number of ether oxygens (including phenoxy) is 2. The van der Waals surface area contributed by atoms with Gasteiger partial charge >= 0.3 is 17.9 Å². The van der Waals surface area contributed by atoms with E-state index in [1.165, 1.54) is 38.5 Å². The minimum atomic E-state index is -1.11. The summed E-state index contributed by atoms with van der Waals surface area (Å²) < 4.78 is 9.37. The smallest absolute Gasteiger partial charge is 0.335 e. The largest absolute Gasteiger partial charge is 0.478 e. The van der Waals surface area contributed by atoms with Gasteiger partial charge in [-0.15, -0.1) is 0 Å². The maximum atomic E-state index is 12.7. The van der Waals surface area contributed by atoms with Crippen LogP contribution in [0.2, 0.25) is 20.1 Å². The summed E-state index contributed by atoms with van der Waals surface area (Å²) in [7, 11) is 2.36. The second-order valence-corrected chi connectivity index (χ2v) is 18.7. The third-order valence-corrected chi connectivity index (χ3v) is 12.4. The highest BCUT2D eigenvalue weighted by atomic mass is 35.5. The first-order chi connectivity index (χ1) is 36.7. The number of nitrogens with one attached hydrogen (secondary N) is 3. The van der Waals surface area contributed by atoms with Gasteiger partial charge in [0.25, 0.3) is 17.7 Å². The molecule has 420 valence electrons. The van der Waals surface area contributed by atoms with Crippen molar-refractivity contribution >= 4 is 93.6 Å². The molecule has 0 saturated heterocycles. The number of aromatic carboxylic acids is 1. The molecule has 6 rings (SSSR count). The van der Waals surface area contributed by atoms with E-state index in [2.05, 4.69) is 30.7 Å². The number of hydrogen-bond acceptors (Lipinski definition) is 13. The van der Waals surface area contributed by atoms with Gasteiger partial charge in [-0.2, -0.15) is 0 Å². The fourth-order valence-electron chi connectivity index (χ4n) is 7.20. The number of ketones is 2. The van der Waals surface area contributed by atoms with Crippen LogP contribution in [-0.2, 0) is 41.5 Å². The van der Waals surface area contributed by atoms with Crippen molar-refractivity contribution in [1.82, 2.24) is 25.9 Å². The molecular weight excluding hydrogens is 1100 g/mol. The second-order valence-electron chi connectivity index (χ2n) is 17.0. The van der Waals surface area contributed by atoms with E-state index in [0.717, 1.165) is 33.6 Å². The SMILES string of the molecule is C.C.COC(=O)[C@H](CCC(=O)CN)NC(=O)c1c(Cl)cccc1Cl.COC(=O)[C@H](CCC(=O)CNC(=O)c1cccc(Cc2cc(C)ccn2)c1)NC(=O)c1c(Cl)cccc1Cl.Cc1ccnc(Cc2cccc(C(=O)O)c2)c1. The minimum Gasteiger partial charge on any atom is -0.478 e. The van der Waals surface area contributed by atoms with Gasteiger partial charge in [-0.1, -0.05) is 97.7 Å². The van der Waals surface area contributed by atoms with Crippen LogP contribution in [0.1, 0.15) is 116 Å². The van der Waals surface area contributed by atoms with Crippen LogP contribution in [0.25, 0.3) is 0 Å².